The molecule has 2 N–H and O–H groups in total. The third-order valence-electron chi connectivity index (χ3n) is 4.54. The van der Waals surface area contributed by atoms with Gasteiger partial charge in [0.2, 0.25) is 11.8 Å². The standard InChI is InChI=1S/C21H42N2O4/c1-10-26-20(6,7)12-14-23-18(25)19(4,5)15-27-21(8,9)11-13-22-17(24)16(2)3/h16H,10-15H2,1-9H3,(H,22,24)(H,23,25). The van der Waals surface area contributed by atoms with Crippen molar-refractivity contribution in [3.8, 4) is 0 Å². The van der Waals surface area contributed by atoms with Crippen molar-refractivity contribution >= 4 is 11.8 Å². The van der Waals surface area contributed by atoms with Gasteiger partial charge in [-0.05, 0) is 61.3 Å². The van der Waals surface area contributed by atoms with E-state index in [2.05, 4.69) is 10.6 Å². The van der Waals surface area contributed by atoms with Gasteiger partial charge in [0.1, 0.15) is 0 Å². The van der Waals surface area contributed by atoms with Crippen molar-refractivity contribution in [2.24, 2.45) is 11.3 Å². The zero-order chi connectivity index (χ0) is 21.3. The highest BCUT2D eigenvalue weighted by molar-refractivity contribution is 5.81. The summed E-state index contributed by atoms with van der Waals surface area (Å²) in [5, 5.41) is 5.89. The molecule has 0 unspecified atom stereocenters. The van der Waals surface area contributed by atoms with Gasteiger partial charge < -0.3 is 20.1 Å². The Hall–Kier alpha value is -1.14. The van der Waals surface area contributed by atoms with E-state index in [-0.39, 0.29) is 23.3 Å². The van der Waals surface area contributed by atoms with Crippen LogP contribution in [0.2, 0.25) is 0 Å². The second-order valence-corrected chi connectivity index (χ2v) is 9.33. The maximum Gasteiger partial charge on any atom is 0.227 e. The van der Waals surface area contributed by atoms with E-state index in [9.17, 15) is 9.59 Å². The summed E-state index contributed by atoms with van der Waals surface area (Å²) in [6.45, 7) is 19.6. The first kappa shape index (κ1) is 25.9. The van der Waals surface area contributed by atoms with E-state index in [0.717, 1.165) is 6.42 Å². The number of amides is 2. The van der Waals surface area contributed by atoms with E-state index >= 15 is 0 Å². The van der Waals surface area contributed by atoms with Crippen LogP contribution in [0.3, 0.4) is 0 Å². The van der Waals surface area contributed by atoms with E-state index in [0.29, 0.717) is 32.7 Å². The molecular weight excluding hydrogens is 344 g/mol. The maximum atomic E-state index is 12.5. The summed E-state index contributed by atoms with van der Waals surface area (Å²) in [5.41, 5.74) is -1.29. The smallest absolute Gasteiger partial charge is 0.227 e. The average Bonchev–Trinajstić information content (AvgIpc) is 2.52. The number of carbonyl (C=O) groups is 2. The minimum Gasteiger partial charge on any atom is -0.376 e. The third-order valence-corrected chi connectivity index (χ3v) is 4.54. The Morgan fingerprint density at radius 2 is 1.33 bits per heavy atom. The average molecular weight is 387 g/mol. The van der Waals surface area contributed by atoms with Crippen molar-refractivity contribution in [3.63, 3.8) is 0 Å². The van der Waals surface area contributed by atoms with Gasteiger partial charge in [0, 0.05) is 25.6 Å². The highest BCUT2D eigenvalue weighted by atomic mass is 16.5. The van der Waals surface area contributed by atoms with E-state index in [4.69, 9.17) is 9.47 Å². The molecule has 6 nitrogen and oxygen atoms in total. The minimum absolute atomic E-state index is 0.0237. The molecule has 0 spiro atoms. The molecule has 0 saturated carbocycles. The molecule has 0 atom stereocenters. The van der Waals surface area contributed by atoms with Crippen LogP contribution >= 0.6 is 0 Å². The monoisotopic (exact) mass is 386 g/mol. The molecule has 0 aliphatic rings. The van der Waals surface area contributed by atoms with Crippen LogP contribution in [0.25, 0.3) is 0 Å². The summed E-state index contributed by atoms with van der Waals surface area (Å²) in [6, 6.07) is 0. The van der Waals surface area contributed by atoms with Gasteiger partial charge in [0.15, 0.2) is 0 Å². The third kappa shape index (κ3) is 11.3. The van der Waals surface area contributed by atoms with Crippen LogP contribution in [-0.4, -0.2) is 49.3 Å². The van der Waals surface area contributed by atoms with Crippen LogP contribution < -0.4 is 10.6 Å². The van der Waals surface area contributed by atoms with Gasteiger partial charge in [-0.15, -0.1) is 0 Å². The summed E-state index contributed by atoms with van der Waals surface area (Å²) >= 11 is 0. The summed E-state index contributed by atoms with van der Waals surface area (Å²) in [7, 11) is 0. The van der Waals surface area contributed by atoms with Crippen LogP contribution in [0.4, 0.5) is 0 Å². The molecule has 27 heavy (non-hydrogen) atoms. The maximum absolute atomic E-state index is 12.5. The summed E-state index contributed by atoms with van der Waals surface area (Å²) in [6.07, 6.45) is 1.44. The molecule has 0 aromatic rings. The zero-order valence-electron chi connectivity index (χ0n) is 19.0. The van der Waals surface area contributed by atoms with Gasteiger partial charge >= 0.3 is 0 Å². The second-order valence-electron chi connectivity index (χ2n) is 9.33. The summed E-state index contributed by atoms with van der Waals surface area (Å²) in [5.74, 6) is -0.0106. The zero-order valence-corrected chi connectivity index (χ0v) is 19.0. The summed E-state index contributed by atoms with van der Waals surface area (Å²) in [4.78, 5) is 24.1. The predicted molar refractivity (Wildman–Crippen MR) is 110 cm³/mol. The van der Waals surface area contributed by atoms with E-state index in [1.165, 1.54) is 0 Å². The van der Waals surface area contributed by atoms with Crippen molar-refractivity contribution in [3.05, 3.63) is 0 Å². The Bertz CT molecular complexity index is 471. The molecule has 0 radical (unpaired) electrons. The van der Waals surface area contributed by atoms with Gasteiger partial charge in [0.05, 0.1) is 23.2 Å². The lowest BCUT2D eigenvalue weighted by molar-refractivity contribution is -0.137. The molecule has 0 aromatic carbocycles. The molecule has 0 aromatic heterocycles. The molecule has 0 aliphatic carbocycles. The van der Waals surface area contributed by atoms with Crippen LogP contribution in [0, 0.1) is 11.3 Å². The van der Waals surface area contributed by atoms with Crippen molar-refractivity contribution < 1.29 is 19.1 Å². The number of hydrogen-bond donors (Lipinski definition) is 2. The van der Waals surface area contributed by atoms with Gasteiger partial charge in [0.25, 0.3) is 0 Å². The molecule has 0 aliphatic heterocycles. The molecule has 0 saturated heterocycles. The largest absolute Gasteiger partial charge is 0.376 e. The van der Waals surface area contributed by atoms with Crippen LogP contribution in [0.1, 0.15) is 75.2 Å². The van der Waals surface area contributed by atoms with E-state index in [1.807, 2.05) is 62.3 Å². The van der Waals surface area contributed by atoms with Crippen molar-refractivity contribution in [2.75, 3.05) is 26.3 Å². The topological polar surface area (TPSA) is 76.7 Å². The molecule has 0 bridgehead atoms. The van der Waals surface area contributed by atoms with Crippen LogP contribution in [-0.2, 0) is 19.1 Å². The Balaban J connectivity index is 4.35. The Morgan fingerprint density at radius 1 is 0.852 bits per heavy atom. The number of ether oxygens (including phenoxy) is 2. The fourth-order valence-electron chi connectivity index (χ4n) is 2.38. The number of rotatable bonds is 13. The van der Waals surface area contributed by atoms with Gasteiger partial charge in [-0.3, -0.25) is 9.59 Å². The van der Waals surface area contributed by atoms with Crippen LogP contribution in [0.5, 0.6) is 0 Å². The molecule has 0 heterocycles. The predicted octanol–water partition coefficient (Wildman–Crippen LogP) is 3.29. The van der Waals surface area contributed by atoms with Gasteiger partial charge in [-0.1, -0.05) is 13.8 Å². The number of nitrogens with one attached hydrogen (secondary N) is 2. The second kappa shape index (κ2) is 11.0. The SMILES string of the molecule is CCOC(C)(C)CCNC(=O)C(C)(C)COC(C)(C)CCNC(=O)C(C)C. The van der Waals surface area contributed by atoms with Gasteiger partial charge in [-0.25, -0.2) is 0 Å². The first-order valence-electron chi connectivity index (χ1n) is 10.1. The molecule has 6 heteroatoms. The molecule has 160 valence electrons. The first-order chi connectivity index (χ1) is 12.2. The molecule has 2 amide bonds. The Morgan fingerprint density at radius 3 is 1.81 bits per heavy atom. The van der Waals surface area contributed by atoms with Crippen molar-refractivity contribution in [2.45, 2.75) is 86.4 Å². The lowest BCUT2D eigenvalue weighted by atomic mass is 9.92. The van der Waals surface area contributed by atoms with Crippen molar-refractivity contribution in [1.82, 2.24) is 10.6 Å². The number of carbonyl (C=O) groups excluding carboxylic acids is 2. The Labute approximate surface area is 166 Å². The van der Waals surface area contributed by atoms with Crippen LogP contribution in [0.15, 0.2) is 0 Å². The van der Waals surface area contributed by atoms with Crippen molar-refractivity contribution in [1.29, 1.82) is 0 Å². The molecule has 0 fully saturated rings. The highest BCUT2D eigenvalue weighted by Crippen LogP contribution is 2.22. The molecular formula is C21H42N2O4. The fraction of sp³-hybridized carbons (Fsp3) is 0.905. The minimum atomic E-state index is -0.631. The Kier molecular flexibility index (Phi) is 10.5. The van der Waals surface area contributed by atoms with E-state index in [1.54, 1.807) is 0 Å². The van der Waals surface area contributed by atoms with Gasteiger partial charge in [-0.2, -0.15) is 0 Å². The lowest BCUT2D eigenvalue weighted by Gasteiger charge is -2.32. The summed E-state index contributed by atoms with van der Waals surface area (Å²) < 4.78 is 11.7. The normalized spacial score (nSPS) is 13.0. The number of hydrogen-bond acceptors (Lipinski definition) is 4. The lowest BCUT2D eigenvalue weighted by Crippen LogP contribution is -2.44. The molecule has 0 rings (SSSR count). The quantitative estimate of drug-likeness (QED) is 0.509. The first-order valence-corrected chi connectivity index (χ1v) is 10.1. The highest BCUT2D eigenvalue weighted by Gasteiger charge is 2.31. The van der Waals surface area contributed by atoms with E-state index < -0.39 is 11.0 Å². The fourth-order valence-corrected chi connectivity index (χ4v) is 2.38.